The first-order chi connectivity index (χ1) is 6.24. The highest BCUT2D eigenvalue weighted by Crippen LogP contribution is 1.96. The first-order valence-electron chi connectivity index (χ1n) is 4.06. The van der Waals surface area contributed by atoms with E-state index >= 15 is 0 Å². The average molecular weight is 180 g/mol. The molecule has 0 bridgehead atoms. The van der Waals surface area contributed by atoms with Crippen LogP contribution in [0.4, 0.5) is 0 Å². The quantitative estimate of drug-likeness (QED) is 0.698. The Morgan fingerprint density at radius 3 is 2.77 bits per heavy atom. The van der Waals surface area contributed by atoms with Gasteiger partial charge in [-0.1, -0.05) is 0 Å². The normalized spacial score (nSPS) is 12.2. The topological polar surface area (TPSA) is 62.2 Å². The molecular formula is C9H12N2O2. The van der Waals surface area contributed by atoms with Crippen LogP contribution in [0.3, 0.4) is 0 Å². The predicted octanol–water partition coefficient (Wildman–Crippen LogP) is 0.192. The van der Waals surface area contributed by atoms with Crippen LogP contribution in [0.15, 0.2) is 24.5 Å². The van der Waals surface area contributed by atoms with Crippen molar-refractivity contribution >= 4 is 5.91 Å². The van der Waals surface area contributed by atoms with Crippen LogP contribution in [0.1, 0.15) is 17.3 Å². The third-order valence-corrected chi connectivity index (χ3v) is 1.59. The SMILES string of the molecule is C[C@@H](CO)NC(=O)c1ccncc1. The number of nitrogens with zero attached hydrogens (tertiary/aromatic N) is 1. The van der Waals surface area contributed by atoms with Crippen LogP contribution in [-0.2, 0) is 0 Å². The van der Waals surface area contributed by atoms with E-state index in [0.29, 0.717) is 5.56 Å². The molecule has 1 heterocycles. The van der Waals surface area contributed by atoms with Gasteiger partial charge in [-0.25, -0.2) is 0 Å². The molecule has 4 nitrogen and oxygen atoms in total. The molecule has 0 fully saturated rings. The summed E-state index contributed by atoms with van der Waals surface area (Å²) in [4.78, 5) is 15.2. The van der Waals surface area contributed by atoms with Crippen molar-refractivity contribution in [3.8, 4) is 0 Å². The van der Waals surface area contributed by atoms with Gasteiger partial charge in [-0.15, -0.1) is 0 Å². The van der Waals surface area contributed by atoms with E-state index < -0.39 is 0 Å². The Bertz CT molecular complexity index is 274. The summed E-state index contributed by atoms with van der Waals surface area (Å²) in [6.07, 6.45) is 3.11. The van der Waals surface area contributed by atoms with Gasteiger partial charge in [0.25, 0.3) is 5.91 Å². The molecule has 1 aromatic rings. The molecule has 1 rings (SSSR count). The molecule has 0 radical (unpaired) electrons. The van der Waals surface area contributed by atoms with Crippen molar-refractivity contribution in [1.82, 2.24) is 10.3 Å². The summed E-state index contributed by atoms with van der Waals surface area (Å²) in [7, 11) is 0. The first kappa shape index (κ1) is 9.67. The Labute approximate surface area is 76.6 Å². The minimum Gasteiger partial charge on any atom is -0.394 e. The fourth-order valence-electron chi connectivity index (χ4n) is 0.856. The second kappa shape index (κ2) is 4.57. The lowest BCUT2D eigenvalue weighted by atomic mass is 10.2. The summed E-state index contributed by atoms with van der Waals surface area (Å²) >= 11 is 0. The molecule has 1 aromatic heterocycles. The lowest BCUT2D eigenvalue weighted by Crippen LogP contribution is -2.34. The standard InChI is InChI=1S/C9H12N2O2/c1-7(6-12)11-9(13)8-2-4-10-5-3-8/h2-5,7,12H,6H2,1H3,(H,11,13)/t7-/m0/s1. The van der Waals surface area contributed by atoms with E-state index in [2.05, 4.69) is 10.3 Å². The highest BCUT2D eigenvalue weighted by atomic mass is 16.3. The number of hydrogen-bond acceptors (Lipinski definition) is 3. The Kier molecular flexibility index (Phi) is 3.40. The molecule has 0 unspecified atom stereocenters. The van der Waals surface area contributed by atoms with Crippen molar-refractivity contribution in [2.45, 2.75) is 13.0 Å². The summed E-state index contributed by atoms with van der Waals surface area (Å²) in [5.41, 5.74) is 0.551. The Morgan fingerprint density at radius 1 is 1.62 bits per heavy atom. The molecule has 70 valence electrons. The highest BCUT2D eigenvalue weighted by Gasteiger charge is 2.07. The van der Waals surface area contributed by atoms with Crippen molar-refractivity contribution in [2.75, 3.05) is 6.61 Å². The van der Waals surface area contributed by atoms with Gasteiger partial charge in [0.2, 0.25) is 0 Å². The van der Waals surface area contributed by atoms with Gasteiger partial charge in [0.05, 0.1) is 6.61 Å². The van der Waals surface area contributed by atoms with Crippen molar-refractivity contribution in [3.05, 3.63) is 30.1 Å². The van der Waals surface area contributed by atoms with Crippen LogP contribution in [-0.4, -0.2) is 28.6 Å². The Hall–Kier alpha value is -1.42. The van der Waals surface area contributed by atoms with Gasteiger partial charge in [0.15, 0.2) is 0 Å². The molecule has 0 aromatic carbocycles. The maximum absolute atomic E-state index is 11.4. The van der Waals surface area contributed by atoms with Crippen molar-refractivity contribution in [2.24, 2.45) is 0 Å². The molecule has 4 heteroatoms. The van der Waals surface area contributed by atoms with E-state index in [9.17, 15) is 4.79 Å². The monoisotopic (exact) mass is 180 g/mol. The minimum absolute atomic E-state index is 0.0587. The summed E-state index contributed by atoms with van der Waals surface area (Å²) in [5, 5.41) is 11.3. The van der Waals surface area contributed by atoms with Crippen molar-refractivity contribution in [3.63, 3.8) is 0 Å². The molecule has 0 spiro atoms. The van der Waals surface area contributed by atoms with Crippen LogP contribution >= 0.6 is 0 Å². The van der Waals surface area contributed by atoms with E-state index in [4.69, 9.17) is 5.11 Å². The summed E-state index contributed by atoms with van der Waals surface area (Å²) < 4.78 is 0. The fraction of sp³-hybridized carbons (Fsp3) is 0.333. The maximum Gasteiger partial charge on any atom is 0.251 e. The lowest BCUT2D eigenvalue weighted by molar-refractivity contribution is 0.0922. The lowest BCUT2D eigenvalue weighted by Gasteiger charge is -2.09. The summed E-state index contributed by atoms with van der Waals surface area (Å²) in [5.74, 6) is -0.191. The zero-order valence-electron chi connectivity index (χ0n) is 7.40. The smallest absolute Gasteiger partial charge is 0.251 e. The number of rotatable bonds is 3. The third-order valence-electron chi connectivity index (χ3n) is 1.59. The molecule has 0 aliphatic heterocycles. The summed E-state index contributed by atoms with van der Waals surface area (Å²) in [6.45, 7) is 1.68. The number of hydrogen-bond donors (Lipinski definition) is 2. The van der Waals surface area contributed by atoms with Crippen LogP contribution in [0.5, 0.6) is 0 Å². The van der Waals surface area contributed by atoms with Crippen LogP contribution < -0.4 is 5.32 Å². The van der Waals surface area contributed by atoms with Crippen LogP contribution in [0.25, 0.3) is 0 Å². The van der Waals surface area contributed by atoms with E-state index in [1.54, 1.807) is 31.5 Å². The molecule has 13 heavy (non-hydrogen) atoms. The molecule has 0 aliphatic carbocycles. The second-order valence-electron chi connectivity index (χ2n) is 2.79. The predicted molar refractivity (Wildman–Crippen MR) is 48.3 cm³/mol. The van der Waals surface area contributed by atoms with Gasteiger partial charge < -0.3 is 10.4 Å². The summed E-state index contributed by atoms with van der Waals surface area (Å²) in [6, 6.07) is 3.03. The number of nitrogens with one attached hydrogen (secondary N) is 1. The number of amides is 1. The van der Waals surface area contributed by atoms with Crippen LogP contribution in [0.2, 0.25) is 0 Å². The molecular weight excluding hydrogens is 168 g/mol. The second-order valence-corrected chi connectivity index (χ2v) is 2.79. The molecule has 1 amide bonds. The number of aromatic nitrogens is 1. The number of carbonyl (C=O) groups is 1. The van der Waals surface area contributed by atoms with Crippen molar-refractivity contribution in [1.29, 1.82) is 0 Å². The zero-order valence-corrected chi connectivity index (χ0v) is 7.40. The Morgan fingerprint density at radius 2 is 2.23 bits per heavy atom. The minimum atomic E-state index is -0.222. The number of aliphatic hydroxyl groups excluding tert-OH is 1. The van der Waals surface area contributed by atoms with Gasteiger partial charge in [0.1, 0.15) is 0 Å². The van der Waals surface area contributed by atoms with Crippen molar-refractivity contribution < 1.29 is 9.90 Å². The third kappa shape index (κ3) is 2.83. The largest absolute Gasteiger partial charge is 0.394 e. The van der Waals surface area contributed by atoms with E-state index in [1.165, 1.54) is 0 Å². The highest BCUT2D eigenvalue weighted by molar-refractivity contribution is 5.94. The first-order valence-corrected chi connectivity index (χ1v) is 4.06. The van der Waals surface area contributed by atoms with E-state index in [0.717, 1.165) is 0 Å². The maximum atomic E-state index is 11.4. The molecule has 0 saturated heterocycles. The van der Waals surface area contributed by atoms with Gasteiger partial charge in [0, 0.05) is 24.0 Å². The molecule has 0 saturated carbocycles. The fourth-order valence-corrected chi connectivity index (χ4v) is 0.856. The van der Waals surface area contributed by atoms with Gasteiger partial charge in [-0.3, -0.25) is 9.78 Å². The number of pyridine rings is 1. The molecule has 1 atom stereocenters. The van der Waals surface area contributed by atoms with Crippen LogP contribution in [0, 0.1) is 0 Å². The zero-order chi connectivity index (χ0) is 9.68. The average Bonchev–Trinajstić information content (AvgIpc) is 2.19. The van der Waals surface area contributed by atoms with E-state index in [1.807, 2.05) is 0 Å². The Balaban J connectivity index is 2.59. The number of aliphatic hydroxyl groups is 1. The van der Waals surface area contributed by atoms with Gasteiger partial charge in [-0.2, -0.15) is 0 Å². The van der Waals surface area contributed by atoms with E-state index in [-0.39, 0.29) is 18.6 Å². The molecule has 2 N–H and O–H groups in total. The number of carbonyl (C=O) groups excluding carboxylic acids is 1. The molecule has 0 aliphatic rings. The van der Waals surface area contributed by atoms with Gasteiger partial charge >= 0.3 is 0 Å². The van der Waals surface area contributed by atoms with Gasteiger partial charge in [-0.05, 0) is 19.1 Å².